The predicted molar refractivity (Wildman–Crippen MR) is 74.1 cm³/mol. The summed E-state index contributed by atoms with van der Waals surface area (Å²) >= 11 is 6.83. The van der Waals surface area contributed by atoms with Gasteiger partial charge in [-0.25, -0.2) is 0 Å². The van der Waals surface area contributed by atoms with Crippen molar-refractivity contribution in [3.8, 4) is 0 Å². The molecule has 0 aromatic rings. The van der Waals surface area contributed by atoms with Gasteiger partial charge in [0.1, 0.15) is 0 Å². The molecular weight excluding hydrogens is 254 g/mol. The van der Waals surface area contributed by atoms with Gasteiger partial charge in [0.2, 0.25) is 10.3 Å². The minimum Gasteiger partial charge on any atom is -0.479 e. The lowest BCUT2D eigenvalue weighted by Gasteiger charge is -2.31. The SMILES string of the molecule is CCOC(=S)S[C@H]1CC[C@@H]2C[C@@H]1N(CC)C2=O. The highest BCUT2D eigenvalue weighted by Crippen LogP contribution is 2.41. The van der Waals surface area contributed by atoms with E-state index in [0.717, 1.165) is 25.8 Å². The molecule has 2 fully saturated rings. The molecule has 96 valence electrons. The van der Waals surface area contributed by atoms with Gasteiger partial charge in [-0.05, 0) is 45.3 Å². The van der Waals surface area contributed by atoms with Crippen molar-refractivity contribution in [3.63, 3.8) is 0 Å². The number of ether oxygens (including phenoxy) is 1. The lowest BCUT2D eigenvalue weighted by Crippen LogP contribution is -2.39. The van der Waals surface area contributed by atoms with Gasteiger partial charge in [0.25, 0.3) is 0 Å². The summed E-state index contributed by atoms with van der Waals surface area (Å²) in [6, 6.07) is 0.370. The van der Waals surface area contributed by atoms with Crippen LogP contribution in [0.15, 0.2) is 0 Å². The van der Waals surface area contributed by atoms with E-state index in [1.165, 1.54) is 0 Å². The maximum Gasteiger partial charge on any atom is 0.226 e. The van der Waals surface area contributed by atoms with Gasteiger partial charge >= 0.3 is 0 Å². The van der Waals surface area contributed by atoms with Crippen LogP contribution >= 0.6 is 24.0 Å². The highest BCUT2D eigenvalue weighted by Gasteiger charge is 2.46. The van der Waals surface area contributed by atoms with Crippen molar-refractivity contribution >= 4 is 34.3 Å². The van der Waals surface area contributed by atoms with Gasteiger partial charge in [0, 0.05) is 23.8 Å². The zero-order valence-corrected chi connectivity index (χ0v) is 12.0. The Labute approximate surface area is 112 Å². The second-order valence-corrected chi connectivity index (χ2v) is 6.38. The number of fused-ring (bicyclic) bond motifs is 2. The molecule has 0 aromatic heterocycles. The zero-order valence-electron chi connectivity index (χ0n) is 10.3. The van der Waals surface area contributed by atoms with Gasteiger partial charge < -0.3 is 9.64 Å². The van der Waals surface area contributed by atoms with Crippen LogP contribution < -0.4 is 0 Å². The molecule has 1 heterocycles. The summed E-state index contributed by atoms with van der Waals surface area (Å²) < 4.78 is 5.97. The van der Waals surface area contributed by atoms with E-state index in [9.17, 15) is 4.79 Å². The third-order valence-corrected chi connectivity index (χ3v) is 5.21. The average molecular weight is 273 g/mol. The Hall–Kier alpha value is -0.290. The van der Waals surface area contributed by atoms with Crippen LogP contribution in [0.5, 0.6) is 0 Å². The first kappa shape index (κ1) is 13.1. The number of hydrogen-bond donors (Lipinski definition) is 0. The second kappa shape index (κ2) is 5.57. The Morgan fingerprint density at radius 1 is 1.53 bits per heavy atom. The minimum absolute atomic E-state index is 0.275. The lowest BCUT2D eigenvalue weighted by atomic mass is 9.90. The molecule has 0 radical (unpaired) electrons. The number of nitrogens with zero attached hydrogens (tertiary/aromatic N) is 1. The normalized spacial score (nSPS) is 31.8. The van der Waals surface area contributed by atoms with E-state index in [4.69, 9.17) is 17.0 Å². The predicted octanol–water partition coefficient (Wildman–Crippen LogP) is 2.44. The first-order valence-corrected chi connectivity index (χ1v) is 7.60. The molecule has 0 aromatic carbocycles. The van der Waals surface area contributed by atoms with Crippen LogP contribution in [-0.2, 0) is 9.53 Å². The van der Waals surface area contributed by atoms with Crippen molar-refractivity contribution in [1.82, 2.24) is 4.90 Å². The van der Waals surface area contributed by atoms with Gasteiger partial charge in [-0.3, -0.25) is 4.79 Å². The molecule has 2 aliphatic rings. The number of likely N-dealkylation sites (tertiary alicyclic amines) is 1. The van der Waals surface area contributed by atoms with Crippen LogP contribution in [0.3, 0.4) is 0 Å². The van der Waals surface area contributed by atoms with Crippen molar-refractivity contribution in [3.05, 3.63) is 0 Å². The fourth-order valence-electron chi connectivity index (χ4n) is 2.87. The Kier molecular flexibility index (Phi) is 4.31. The van der Waals surface area contributed by atoms with Gasteiger partial charge in [-0.2, -0.15) is 0 Å². The average Bonchev–Trinajstić information content (AvgIpc) is 2.56. The van der Waals surface area contributed by atoms with E-state index in [-0.39, 0.29) is 5.92 Å². The number of amides is 1. The molecule has 2 rings (SSSR count). The molecular formula is C12H19NO2S2. The largest absolute Gasteiger partial charge is 0.479 e. The maximum atomic E-state index is 12.0. The molecule has 1 amide bonds. The van der Waals surface area contributed by atoms with Crippen molar-refractivity contribution in [2.45, 2.75) is 44.4 Å². The van der Waals surface area contributed by atoms with Crippen molar-refractivity contribution in [2.24, 2.45) is 5.92 Å². The van der Waals surface area contributed by atoms with E-state index in [1.54, 1.807) is 11.8 Å². The Balaban J connectivity index is 2.00. The third kappa shape index (κ3) is 2.60. The molecule has 17 heavy (non-hydrogen) atoms. The molecule has 0 spiro atoms. The summed E-state index contributed by atoms with van der Waals surface area (Å²) in [6.45, 7) is 5.45. The first-order valence-electron chi connectivity index (χ1n) is 6.31. The summed E-state index contributed by atoms with van der Waals surface area (Å²) in [6.07, 6.45) is 3.10. The molecule has 0 unspecified atom stereocenters. The third-order valence-electron chi connectivity index (χ3n) is 3.64. The molecule has 2 bridgehead atoms. The summed E-state index contributed by atoms with van der Waals surface area (Å²) in [5.41, 5.74) is 0. The number of thiocarbonyl (C=S) groups is 1. The standard InChI is InChI=1S/C12H19NO2S2/c1-3-13-9-7-8(11(13)14)5-6-10(9)17-12(16)15-4-2/h8-10H,3-7H2,1-2H3/t8-,9+,10+/m1/s1. The summed E-state index contributed by atoms with van der Waals surface area (Å²) in [7, 11) is 0. The fraction of sp³-hybridized carbons (Fsp3) is 0.833. The number of carbonyl (C=O) groups excluding carboxylic acids is 1. The number of rotatable bonds is 3. The van der Waals surface area contributed by atoms with E-state index < -0.39 is 0 Å². The van der Waals surface area contributed by atoms with E-state index in [1.807, 2.05) is 11.8 Å². The topological polar surface area (TPSA) is 29.5 Å². The monoisotopic (exact) mass is 273 g/mol. The number of carbonyl (C=O) groups is 1. The van der Waals surface area contributed by atoms with Gasteiger partial charge in [0.05, 0.1) is 6.61 Å². The van der Waals surface area contributed by atoms with Gasteiger partial charge in [-0.1, -0.05) is 11.8 Å². The van der Waals surface area contributed by atoms with Crippen LogP contribution in [-0.4, -0.2) is 39.6 Å². The Morgan fingerprint density at radius 3 is 2.94 bits per heavy atom. The second-order valence-electron chi connectivity index (χ2n) is 4.54. The molecule has 3 atom stereocenters. The van der Waals surface area contributed by atoms with Crippen molar-refractivity contribution in [1.29, 1.82) is 0 Å². The molecule has 5 heteroatoms. The summed E-state index contributed by atoms with van der Waals surface area (Å²) in [5.74, 6) is 0.625. The van der Waals surface area contributed by atoms with E-state index in [0.29, 0.717) is 28.2 Å². The number of thioether (sulfide) groups is 1. The number of hydrogen-bond acceptors (Lipinski definition) is 4. The molecule has 1 saturated carbocycles. The minimum atomic E-state index is 0.275. The zero-order chi connectivity index (χ0) is 12.4. The summed E-state index contributed by atoms with van der Waals surface area (Å²) in [5, 5.41) is 0.428. The molecule has 0 N–H and O–H groups in total. The Bertz CT molecular complexity index is 322. The smallest absolute Gasteiger partial charge is 0.226 e. The van der Waals surface area contributed by atoms with Crippen molar-refractivity contribution < 1.29 is 9.53 Å². The fourth-order valence-corrected chi connectivity index (χ4v) is 4.46. The Morgan fingerprint density at radius 2 is 2.29 bits per heavy atom. The van der Waals surface area contributed by atoms with Gasteiger partial charge in [0.15, 0.2) is 0 Å². The highest BCUT2D eigenvalue weighted by molar-refractivity contribution is 8.23. The van der Waals surface area contributed by atoms with Crippen LogP contribution in [0.1, 0.15) is 33.1 Å². The highest BCUT2D eigenvalue weighted by atomic mass is 32.2. The van der Waals surface area contributed by atoms with Crippen LogP contribution in [0.4, 0.5) is 0 Å². The van der Waals surface area contributed by atoms with Crippen LogP contribution in [0.25, 0.3) is 0 Å². The first-order chi connectivity index (χ1) is 8.17. The quantitative estimate of drug-likeness (QED) is 0.739. The van der Waals surface area contributed by atoms with Crippen LogP contribution in [0.2, 0.25) is 0 Å². The molecule has 1 saturated heterocycles. The molecule has 1 aliphatic carbocycles. The van der Waals surface area contributed by atoms with E-state index >= 15 is 0 Å². The van der Waals surface area contributed by atoms with Crippen molar-refractivity contribution in [2.75, 3.05) is 13.2 Å². The summed E-state index contributed by atoms with van der Waals surface area (Å²) in [4.78, 5) is 14.1. The maximum absolute atomic E-state index is 12.0. The van der Waals surface area contributed by atoms with E-state index in [2.05, 4.69) is 6.92 Å². The van der Waals surface area contributed by atoms with Crippen LogP contribution in [0, 0.1) is 5.92 Å². The lowest BCUT2D eigenvalue weighted by molar-refractivity contribution is -0.131. The van der Waals surface area contributed by atoms with Gasteiger partial charge in [-0.15, -0.1) is 0 Å². The molecule has 1 aliphatic heterocycles. The molecule has 3 nitrogen and oxygen atoms in total.